The van der Waals surface area contributed by atoms with Crippen LogP contribution in [0.15, 0.2) is 0 Å². The molecular formula is C12H20O3. The van der Waals surface area contributed by atoms with Crippen molar-refractivity contribution in [3.05, 3.63) is 0 Å². The summed E-state index contributed by atoms with van der Waals surface area (Å²) in [6.45, 7) is 11.1. The summed E-state index contributed by atoms with van der Waals surface area (Å²) >= 11 is 0. The van der Waals surface area contributed by atoms with Gasteiger partial charge in [0.1, 0.15) is 0 Å². The highest BCUT2D eigenvalue weighted by Gasteiger charge is 2.54. The second-order valence-corrected chi connectivity index (χ2v) is 6.21. The first-order valence-electron chi connectivity index (χ1n) is 5.29. The molecule has 3 heteroatoms. The van der Waals surface area contributed by atoms with E-state index in [1.807, 2.05) is 41.5 Å². The molecule has 0 unspecified atom stereocenters. The van der Waals surface area contributed by atoms with Crippen molar-refractivity contribution in [1.82, 2.24) is 0 Å². The third-order valence-corrected chi connectivity index (χ3v) is 2.49. The van der Waals surface area contributed by atoms with Gasteiger partial charge in [0.25, 0.3) is 0 Å². The summed E-state index contributed by atoms with van der Waals surface area (Å²) in [4.78, 5) is 23.6. The molecule has 15 heavy (non-hydrogen) atoms. The van der Waals surface area contributed by atoms with E-state index in [0.29, 0.717) is 0 Å². The van der Waals surface area contributed by atoms with E-state index >= 15 is 0 Å². The minimum absolute atomic E-state index is 0.0186. The third kappa shape index (κ3) is 2.65. The third-order valence-electron chi connectivity index (χ3n) is 2.49. The van der Waals surface area contributed by atoms with Crippen LogP contribution in [0.2, 0.25) is 0 Å². The fourth-order valence-corrected chi connectivity index (χ4v) is 1.36. The van der Waals surface area contributed by atoms with Gasteiger partial charge in [-0.2, -0.15) is 0 Å². The Morgan fingerprint density at radius 3 is 1.27 bits per heavy atom. The van der Waals surface area contributed by atoms with Gasteiger partial charge in [0.2, 0.25) is 0 Å². The SMILES string of the molecule is CC(C)(C)C(=O)[C@@H]1O[C@H]1C(=O)C(C)(C)C. The van der Waals surface area contributed by atoms with Crippen molar-refractivity contribution in [2.24, 2.45) is 10.8 Å². The van der Waals surface area contributed by atoms with E-state index in [0.717, 1.165) is 0 Å². The van der Waals surface area contributed by atoms with Crippen molar-refractivity contribution in [2.45, 2.75) is 53.8 Å². The summed E-state index contributed by atoms with van der Waals surface area (Å²) in [6.07, 6.45) is -1.01. The van der Waals surface area contributed by atoms with Crippen molar-refractivity contribution in [3.63, 3.8) is 0 Å². The van der Waals surface area contributed by atoms with Gasteiger partial charge in [0.15, 0.2) is 23.8 Å². The Labute approximate surface area is 91.2 Å². The smallest absolute Gasteiger partial charge is 0.170 e. The number of ether oxygens (including phenoxy) is 1. The molecule has 0 bridgehead atoms. The summed E-state index contributed by atoms with van der Waals surface area (Å²) < 4.78 is 5.19. The minimum Gasteiger partial charge on any atom is -0.353 e. The molecule has 0 aromatic heterocycles. The highest BCUT2D eigenvalue weighted by molar-refractivity contribution is 6.00. The number of ketones is 2. The quantitative estimate of drug-likeness (QED) is 0.657. The van der Waals surface area contributed by atoms with Crippen LogP contribution in [0.4, 0.5) is 0 Å². The fourth-order valence-electron chi connectivity index (χ4n) is 1.36. The van der Waals surface area contributed by atoms with Crippen molar-refractivity contribution < 1.29 is 14.3 Å². The van der Waals surface area contributed by atoms with Crippen LogP contribution in [0, 0.1) is 10.8 Å². The van der Waals surface area contributed by atoms with E-state index in [-0.39, 0.29) is 11.6 Å². The van der Waals surface area contributed by atoms with Crippen LogP contribution in [0.3, 0.4) is 0 Å². The van der Waals surface area contributed by atoms with Crippen LogP contribution >= 0.6 is 0 Å². The van der Waals surface area contributed by atoms with Crippen LogP contribution in [-0.4, -0.2) is 23.8 Å². The molecule has 1 saturated heterocycles. The number of Topliss-reactive ketones (excluding diaryl/α,β-unsaturated/α-hetero) is 2. The summed E-state index contributed by atoms with van der Waals surface area (Å²) in [5.74, 6) is 0.0372. The second kappa shape index (κ2) is 3.41. The average Bonchev–Trinajstić information content (AvgIpc) is 2.76. The lowest BCUT2D eigenvalue weighted by Crippen LogP contribution is -2.32. The highest BCUT2D eigenvalue weighted by Crippen LogP contribution is 2.35. The summed E-state index contributed by atoms with van der Waals surface area (Å²) in [5, 5.41) is 0. The molecule has 0 saturated carbocycles. The van der Waals surface area contributed by atoms with E-state index in [2.05, 4.69) is 0 Å². The molecule has 1 rings (SSSR count). The molecule has 2 atom stereocenters. The topological polar surface area (TPSA) is 46.7 Å². The van der Waals surface area contributed by atoms with Gasteiger partial charge >= 0.3 is 0 Å². The Hall–Kier alpha value is -0.700. The van der Waals surface area contributed by atoms with Gasteiger partial charge in [-0.1, -0.05) is 41.5 Å². The molecule has 0 aromatic rings. The molecule has 3 nitrogen and oxygen atoms in total. The molecule has 86 valence electrons. The van der Waals surface area contributed by atoms with Gasteiger partial charge in [-0.25, -0.2) is 0 Å². The maximum atomic E-state index is 11.8. The predicted molar refractivity (Wildman–Crippen MR) is 57.6 cm³/mol. The number of epoxide rings is 1. The standard InChI is InChI=1S/C12H20O3/c1-11(2,3)9(13)7-8(15-7)10(14)12(4,5)6/h7-8H,1-6H3/t7-,8-/m1/s1. The first-order valence-corrected chi connectivity index (χ1v) is 5.29. The number of rotatable bonds is 2. The van der Waals surface area contributed by atoms with Crippen molar-refractivity contribution >= 4 is 11.6 Å². The lowest BCUT2D eigenvalue weighted by Gasteiger charge is -2.16. The lowest BCUT2D eigenvalue weighted by molar-refractivity contribution is -0.129. The number of hydrogen-bond acceptors (Lipinski definition) is 3. The Morgan fingerprint density at radius 1 is 0.800 bits per heavy atom. The largest absolute Gasteiger partial charge is 0.353 e. The second-order valence-electron chi connectivity index (χ2n) is 6.21. The minimum atomic E-state index is -0.503. The average molecular weight is 212 g/mol. The normalized spacial score (nSPS) is 26.3. The van der Waals surface area contributed by atoms with Gasteiger partial charge in [-0.3, -0.25) is 9.59 Å². The first kappa shape index (κ1) is 12.4. The molecule has 1 aliphatic rings. The predicted octanol–water partition coefficient (Wildman–Crippen LogP) is 1.98. The fraction of sp³-hybridized carbons (Fsp3) is 0.833. The van der Waals surface area contributed by atoms with Crippen LogP contribution in [0.25, 0.3) is 0 Å². The monoisotopic (exact) mass is 212 g/mol. The van der Waals surface area contributed by atoms with E-state index < -0.39 is 23.0 Å². The van der Waals surface area contributed by atoms with E-state index in [1.54, 1.807) is 0 Å². The molecular weight excluding hydrogens is 192 g/mol. The molecule has 1 heterocycles. The molecule has 0 radical (unpaired) electrons. The number of hydrogen-bond donors (Lipinski definition) is 0. The Bertz CT molecular complexity index is 261. The van der Waals surface area contributed by atoms with Crippen LogP contribution < -0.4 is 0 Å². The zero-order valence-corrected chi connectivity index (χ0v) is 10.4. The first-order chi connectivity index (χ1) is 6.55. The summed E-state index contributed by atoms with van der Waals surface area (Å²) in [6, 6.07) is 0. The molecule has 0 aromatic carbocycles. The molecule has 0 spiro atoms. The van der Waals surface area contributed by atoms with Gasteiger partial charge in [0, 0.05) is 10.8 Å². The molecule has 0 amide bonds. The van der Waals surface area contributed by atoms with E-state index in [1.165, 1.54) is 0 Å². The highest BCUT2D eigenvalue weighted by atomic mass is 16.6. The van der Waals surface area contributed by atoms with Gasteiger partial charge in [-0.05, 0) is 0 Å². The number of carbonyl (C=O) groups excluding carboxylic acids is 2. The van der Waals surface area contributed by atoms with Crippen molar-refractivity contribution in [2.75, 3.05) is 0 Å². The zero-order valence-electron chi connectivity index (χ0n) is 10.4. The van der Waals surface area contributed by atoms with E-state index in [4.69, 9.17) is 4.74 Å². The van der Waals surface area contributed by atoms with Crippen LogP contribution in [-0.2, 0) is 14.3 Å². The summed E-state index contributed by atoms with van der Waals surface area (Å²) in [7, 11) is 0. The number of carbonyl (C=O) groups is 2. The van der Waals surface area contributed by atoms with Crippen LogP contribution in [0.5, 0.6) is 0 Å². The Kier molecular flexibility index (Phi) is 2.81. The Morgan fingerprint density at radius 2 is 1.07 bits per heavy atom. The van der Waals surface area contributed by atoms with Crippen molar-refractivity contribution in [1.29, 1.82) is 0 Å². The van der Waals surface area contributed by atoms with Gasteiger partial charge in [0.05, 0.1) is 0 Å². The molecule has 0 N–H and O–H groups in total. The summed E-state index contributed by atoms with van der Waals surface area (Å²) in [5.41, 5.74) is -0.866. The molecule has 1 aliphatic heterocycles. The maximum Gasteiger partial charge on any atom is 0.170 e. The van der Waals surface area contributed by atoms with E-state index in [9.17, 15) is 9.59 Å². The van der Waals surface area contributed by atoms with Crippen molar-refractivity contribution in [3.8, 4) is 0 Å². The van der Waals surface area contributed by atoms with Gasteiger partial charge < -0.3 is 4.74 Å². The van der Waals surface area contributed by atoms with Crippen LogP contribution in [0.1, 0.15) is 41.5 Å². The molecule has 0 aliphatic carbocycles. The zero-order chi connectivity index (χ0) is 12.0. The maximum absolute atomic E-state index is 11.8. The van der Waals surface area contributed by atoms with Gasteiger partial charge in [-0.15, -0.1) is 0 Å². The molecule has 1 fully saturated rings. The lowest BCUT2D eigenvalue weighted by atomic mass is 9.83. The Balaban J connectivity index is 2.63.